The third-order valence-electron chi connectivity index (χ3n) is 5.43. The molecule has 3 rings (SSSR count). The van der Waals surface area contributed by atoms with Crippen molar-refractivity contribution < 1.29 is 14.3 Å². The summed E-state index contributed by atoms with van der Waals surface area (Å²) >= 11 is 7.26. The molecular formula is C23H31ClN4O3S. The summed E-state index contributed by atoms with van der Waals surface area (Å²) in [5, 5.41) is 6.18. The molecule has 0 bridgehead atoms. The molecule has 2 aromatic rings. The number of halogens is 1. The Morgan fingerprint density at radius 2 is 1.97 bits per heavy atom. The molecule has 3 heterocycles. The van der Waals surface area contributed by atoms with E-state index in [1.165, 1.54) is 11.3 Å². The molecule has 1 aliphatic heterocycles. The van der Waals surface area contributed by atoms with Gasteiger partial charge in [0, 0.05) is 30.9 Å². The second-order valence-corrected chi connectivity index (χ2v) is 10.8. The van der Waals surface area contributed by atoms with E-state index in [1.54, 1.807) is 31.5 Å². The van der Waals surface area contributed by atoms with Crippen LogP contribution in [0.5, 0.6) is 5.88 Å². The van der Waals surface area contributed by atoms with Gasteiger partial charge in [-0.3, -0.25) is 4.79 Å². The number of nitrogens with zero attached hydrogens (tertiary/aromatic N) is 2. The fraction of sp³-hybridized carbons (Fsp3) is 0.522. The molecule has 0 aliphatic carbocycles. The van der Waals surface area contributed by atoms with Gasteiger partial charge in [0.05, 0.1) is 22.4 Å². The Bertz CT molecular complexity index is 918. The number of carbonyl (C=O) groups is 2. The van der Waals surface area contributed by atoms with Crippen LogP contribution in [-0.2, 0) is 0 Å². The van der Waals surface area contributed by atoms with Crippen molar-refractivity contribution in [3.05, 3.63) is 45.2 Å². The zero-order valence-electron chi connectivity index (χ0n) is 19.0. The molecule has 0 saturated carbocycles. The first-order valence-electron chi connectivity index (χ1n) is 10.8. The second-order valence-electron chi connectivity index (χ2n) is 9.11. The summed E-state index contributed by atoms with van der Waals surface area (Å²) in [5.41, 5.74) is 0.671. The SMILES string of the molecule is COc1ccc([C@H](CC2CCN(C(=O)NC(C)(C)C)CC2)NC(=O)c2ccc(Cl)s2)cn1. The molecule has 1 atom stereocenters. The quantitative estimate of drug-likeness (QED) is 0.619. The lowest BCUT2D eigenvalue weighted by atomic mass is 9.88. The molecule has 0 spiro atoms. The van der Waals surface area contributed by atoms with Gasteiger partial charge < -0.3 is 20.3 Å². The first-order valence-corrected chi connectivity index (χ1v) is 12.0. The lowest BCUT2D eigenvalue weighted by Gasteiger charge is -2.35. The number of hydrogen-bond donors (Lipinski definition) is 2. The predicted molar refractivity (Wildman–Crippen MR) is 128 cm³/mol. The van der Waals surface area contributed by atoms with Gasteiger partial charge in [-0.25, -0.2) is 9.78 Å². The molecule has 0 unspecified atom stereocenters. The molecule has 1 saturated heterocycles. The molecule has 2 aromatic heterocycles. The number of carbonyl (C=O) groups excluding carboxylic acids is 2. The molecule has 9 heteroatoms. The Morgan fingerprint density at radius 3 is 2.50 bits per heavy atom. The van der Waals surface area contributed by atoms with Crippen molar-refractivity contribution in [3.8, 4) is 5.88 Å². The summed E-state index contributed by atoms with van der Waals surface area (Å²) in [6.45, 7) is 7.35. The number of urea groups is 1. The molecule has 7 nitrogen and oxygen atoms in total. The van der Waals surface area contributed by atoms with Gasteiger partial charge in [0.25, 0.3) is 5.91 Å². The number of thiophene rings is 1. The zero-order chi connectivity index (χ0) is 23.3. The number of aromatic nitrogens is 1. The van der Waals surface area contributed by atoms with Crippen LogP contribution in [0.2, 0.25) is 4.34 Å². The van der Waals surface area contributed by atoms with Gasteiger partial charge in [0.15, 0.2) is 0 Å². The highest BCUT2D eigenvalue weighted by atomic mass is 35.5. The maximum absolute atomic E-state index is 12.8. The van der Waals surface area contributed by atoms with Crippen molar-refractivity contribution >= 4 is 34.9 Å². The first kappa shape index (κ1) is 24.3. The van der Waals surface area contributed by atoms with E-state index in [-0.39, 0.29) is 23.5 Å². The summed E-state index contributed by atoms with van der Waals surface area (Å²) < 4.78 is 5.75. The van der Waals surface area contributed by atoms with E-state index in [1.807, 2.05) is 31.7 Å². The molecule has 32 heavy (non-hydrogen) atoms. The van der Waals surface area contributed by atoms with Crippen LogP contribution in [0.3, 0.4) is 0 Å². The van der Waals surface area contributed by atoms with Crippen molar-refractivity contribution in [2.75, 3.05) is 20.2 Å². The molecule has 1 aliphatic rings. The van der Waals surface area contributed by atoms with E-state index in [4.69, 9.17) is 16.3 Å². The summed E-state index contributed by atoms with van der Waals surface area (Å²) in [4.78, 5) is 32.0. The smallest absolute Gasteiger partial charge is 0.317 e. The van der Waals surface area contributed by atoms with Crippen LogP contribution < -0.4 is 15.4 Å². The van der Waals surface area contributed by atoms with Gasteiger partial charge in [-0.05, 0) is 63.6 Å². The van der Waals surface area contributed by atoms with Crippen LogP contribution in [0.4, 0.5) is 4.79 Å². The topological polar surface area (TPSA) is 83.6 Å². The highest BCUT2D eigenvalue weighted by molar-refractivity contribution is 7.18. The van der Waals surface area contributed by atoms with Crippen molar-refractivity contribution in [3.63, 3.8) is 0 Å². The van der Waals surface area contributed by atoms with E-state index >= 15 is 0 Å². The van der Waals surface area contributed by atoms with Crippen molar-refractivity contribution in [2.45, 2.75) is 51.6 Å². The predicted octanol–water partition coefficient (Wildman–Crippen LogP) is 4.89. The molecule has 1 fully saturated rings. The van der Waals surface area contributed by atoms with Crippen LogP contribution in [0.1, 0.15) is 61.3 Å². The van der Waals surface area contributed by atoms with E-state index in [0.717, 1.165) is 24.8 Å². The molecule has 174 valence electrons. The summed E-state index contributed by atoms with van der Waals surface area (Å²) in [5.74, 6) is 0.764. The van der Waals surface area contributed by atoms with Crippen LogP contribution in [0.15, 0.2) is 30.5 Å². The highest BCUT2D eigenvalue weighted by Crippen LogP contribution is 2.30. The third kappa shape index (κ3) is 6.84. The lowest BCUT2D eigenvalue weighted by molar-refractivity contribution is 0.0930. The summed E-state index contributed by atoms with van der Waals surface area (Å²) in [6.07, 6.45) is 4.29. The highest BCUT2D eigenvalue weighted by Gasteiger charge is 2.28. The van der Waals surface area contributed by atoms with Crippen molar-refractivity contribution in [2.24, 2.45) is 5.92 Å². The van der Waals surface area contributed by atoms with Crippen LogP contribution in [0.25, 0.3) is 0 Å². The second kappa shape index (κ2) is 10.5. The number of rotatable bonds is 6. The molecule has 0 radical (unpaired) electrons. The fourth-order valence-electron chi connectivity index (χ4n) is 3.77. The van der Waals surface area contributed by atoms with Crippen LogP contribution in [-0.4, -0.2) is 47.6 Å². The average Bonchev–Trinajstić information content (AvgIpc) is 3.19. The fourth-order valence-corrected chi connectivity index (χ4v) is 4.71. The first-order chi connectivity index (χ1) is 15.1. The number of amides is 3. The molecule has 0 aromatic carbocycles. The van der Waals surface area contributed by atoms with Gasteiger partial charge in [0.1, 0.15) is 0 Å². The number of methoxy groups -OCH3 is 1. The van der Waals surface area contributed by atoms with Gasteiger partial charge in [0.2, 0.25) is 5.88 Å². The summed E-state index contributed by atoms with van der Waals surface area (Å²) in [6, 6.07) is 6.98. The van der Waals surface area contributed by atoms with E-state index in [0.29, 0.717) is 34.1 Å². The largest absolute Gasteiger partial charge is 0.481 e. The number of hydrogen-bond acceptors (Lipinski definition) is 5. The number of likely N-dealkylation sites (tertiary alicyclic amines) is 1. The molecular weight excluding hydrogens is 448 g/mol. The van der Waals surface area contributed by atoms with E-state index in [2.05, 4.69) is 15.6 Å². The number of ether oxygens (including phenoxy) is 1. The van der Waals surface area contributed by atoms with E-state index < -0.39 is 0 Å². The van der Waals surface area contributed by atoms with Gasteiger partial charge in [-0.15, -0.1) is 11.3 Å². The standard InChI is InChI=1S/C23H31ClN4O3S/c1-23(2,3)27-22(30)28-11-9-15(10-12-28)13-17(16-5-8-20(31-4)25-14-16)26-21(29)18-6-7-19(24)32-18/h5-8,14-15,17H,9-13H2,1-4H3,(H,26,29)(H,27,30)/t17-/m0/s1. The minimum Gasteiger partial charge on any atom is -0.481 e. The Balaban J connectivity index is 1.66. The zero-order valence-corrected chi connectivity index (χ0v) is 20.6. The van der Waals surface area contributed by atoms with E-state index in [9.17, 15) is 9.59 Å². The van der Waals surface area contributed by atoms with Crippen LogP contribution >= 0.6 is 22.9 Å². The lowest BCUT2D eigenvalue weighted by Crippen LogP contribution is -2.50. The Hall–Kier alpha value is -2.32. The Kier molecular flexibility index (Phi) is 8.00. The van der Waals surface area contributed by atoms with Gasteiger partial charge >= 0.3 is 6.03 Å². The normalized spacial score (nSPS) is 15.8. The maximum Gasteiger partial charge on any atom is 0.317 e. The van der Waals surface area contributed by atoms with Gasteiger partial charge in [-0.2, -0.15) is 0 Å². The average molecular weight is 479 g/mol. The van der Waals surface area contributed by atoms with Crippen molar-refractivity contribution in [1.29, 1.82) is 0 Å². The Labute approximate surface area is 198 Å². The Morgan fingerprint density at radius 1 is 1.25 bits per heavy atom. The molecule has 3 amide bonds. The monoisotopic (exact) mass is 478 g/mol. The molecule has 2 N–H and O–H groups in total. The van der Waals surface area contributed by atoms with Gasteiger partial charge in [-0.1, -0.05) is 17.7 Å². The van der Waals surface area contributed by atoms with Crippen LogP contribution in [0, 0.1) is 5.92 Å². The number of pyridine rings is 1. The van der Waals surface area contributed by atoms with Crippen molar-refractivity contribution in [1.82, 2.24) is 20.5 Å². The third-order valence-corrected chi connectivity index (χ3v) is 6.66. The minimum absolute atomic E-state index is 0.0188. The number of piperidine rings is 1. The summed E-state index contributed by atoms with van der Waals surface area (Å²) in [7, 11) is 1.57. The number of nitrogens with one attached hydrogen (secondary N) is 2. The minimum atomic E-state index is -0.255. The maximum atomic E-state index is 12.8.